The molecular formula is C16H22O11. The molecule has 0 N–H and O–H groups in total. The van der Waals surface area contributed by atoms with Gasteiger partial charge in [-0.2, -0.15) is 0 Å². The summed E-state index contributed by atoms with van der Waals surface area (Å²) >= 11 is 0. The van der Waals surface area contributed by atoms with Gasteiger partial charge in [-0.1, -0.05) is 0 Å². The highest BCUT2D eigenvalue weighted by atomic mass is 16.7. The number of hydrogen-bond acceptors (Lipinski definition) is 11. The summed E-state index contributed by atoms with van der Waals surface area (Å²) in [6, 6.07) is 0. The number of carbonyl (C=O) groups is 5. The summed E-state index contributed by atoms with van der Waals surface area (Å²) in [7, 11) is 1.08. The average molecular weight is 390 g/mol. The second-order valence-corrected chi connectivity index (χ2v) is 5.64. The van der Waals surface area contributed by atoms with Crippen molar-refractivity contribution in [2.24, 2.45) is 0 Å². The predicted octanol–water partition coefficient (Wildman–Crippen LogP) is -0.715. The molecule has 0 aliphatic carbocycles. The monoisotopic (exact) mass is 390 g/mol. The molecule has 11 heteroatoms. The van der Waals surface area contributed by atoms with Gasteiger partial charge in [-0.3, -0.25) is 19.2 Å². The Morgan fingerprint density at radius 3 is 1.67 bits per heavy atom. The first kappa shape index (κ1) is 22.4. The molecule has 0 bridgehead atoms. The summed E-state index contributed by atoms with van der Waals surface area (Å²) in [6.07, 6.45) is -6.84. The molecule has 0 amide bonds. The van der Waals surface area contributed by atoms with Crippen molar-refractivity contribution in [3.63, 3.8) is 0 Å². The van der Waals surface area contributed by atoms with Crippen LogP contribution in [-0.2, 0) is 52.4 Å². The maximum absolute atomic E-state index is 12.1. The van der Waals surface area contributed by atoms with E-state index in [1.807, 2.05) is 0 Å². The van der Waals surface area contributed by atoms with Gasteiger partial charge in [0.05, 0.1) is 7.11 Å². The largest absolute Gasteiger partial charge is 0.467 e. The van der Waals surface area contributed by atoms with Crippen LogP contribution in [0.4, 0.5) is 0 Å². The number of carbonyl (C=O) groups excluding carboxylic acids is 5. The summed E-state index contributed by atoms with van der Waals surface area (Å²) in [6.45, 7) is 3.99. The zero-order valence-electron chi connectivity index (χ0n) is 15.6. The van der Waals surface area contributed by atoms with E-state index in [1.165, 1.54) is 0 Å². The molecule has 1 fully saturated rings. The van der Waals surface area contributed by atoms with E-state index < -0.39 is 67.0 Å². The molecule has 1 aliphatic heterocycles. The minimum absolute atomic E-state index is 0.411. The van der Waals surface area contributed by atoms with Crippen molar-refractivity contribution < 1.29 is 52.4 Å². The molecule has 0 radical (unpaired) electrons. The highest BCUT2D eigenvalue weighted by Gasteiger charge is 2.54. The third-order valence-electron chi connectivity index (χ3n) is 3.42. The van der Waals surface area contributed by atoms with E-state index in [0.717, 1.165) is 34.8 Å². The van der Waals surface area contributed by atoms with Crippen LogP contribution >= 0.6 is 0 Å². The fraction of sp³-hybridized carbons (Fsp3) is 0.688. The van der Waals surface area contributed by atoms with Gasteiger partial charge < -0.3 is 28.4 Å². The van der Waals surface area contributed by atoms with Crippen molar-refractivity contribution in [3.05, 3.63) is 0 Å². The third-order valence-corrected chi connectivity index (χ3v) is 3.42. The van der Waals surface area contributed by atoms with Crippen molar-refractivity contribution in [1.29, 1.82) is 0 Å². The number of hydrogen-bond donors (Lipinski definition) is 0. The number of ether oxygens (including phenoxy) is 6. The van der Waals surface area contributed by atoms with Crippen LogP contribution < -0.4 is 0 Å². The van der Waals surface area contributed by atoms with Crippen LogP contribution in [-0.4, -0.2) is 74.1 Å². The fourth-order valence-electron chi connectivity index (χ4n) is 2.53. The predicted molar refractivity (Wildman–Crippen MR) is 84.0 cm³/mol. The van der Waals surface area contributed by atoms with Crippen LogP contribution in [0.15, 0.2) is 0 Å². The molecule has 11 nitrogen and oxygen atoms in total. The highest BCUT2D eigenvalue weighted by Crippen LogP contribution is 2.29. The number of esters is 5. The van der Waals surface area contributed by atoms with E-state index in [2.05, 4.69) is 4.74 Å². The molecule has 5 atom stereocenters. The Hall–Kier alpha value is -2.69. The second-order valence-electron chi connectivity index (χ2n) is 5.64. The molecule has 0 aromatic heterocycles. The lowest BCUT2D eigenvalue weighted by atomic mass is 9.94. The Balaban J connectivity index is 3.33. The number of methoxy groups -OCH3 is 1. The Labute approximate surface area is 155 Å². The normalized spacial score (nSPS) is 27.1. The van der Waals surface area contributed by atoms with E-state index in [9.17, 15) is 24.0 Å². The Kier molecular flexibility index (Phi) is 8.16. The van der Waals surface area contributed by atoms with Crippen LogP contribution in [0.2, 0.25) is 0 Å². The maximum atomic E-state index is 12.1. The van der Waals surface area contributed by atoms with Crippen LogP contribution in [0, 0.1) is 0 Å². The minimum Gasteiger partial charge on any atom is -0.467 e. The molecule has 0 unspecified atom stereocenters. The lowest BCUT2D eigenvalue weighted by Gasteiger charge is -2.43. The molecule has 1 rings (SSSR count). The summed E-state index contributed by atoms with van der Waals surface area (Å²) < 4.78 is 30.4. The smallest absolute Gasteiger partial charge is 0.339 e. The van der Waals surface area contributed by atoms with Gasteiger partial charge in [0.1, 0.15) is 12.7 Å². The van der Waals surface area contributed by atoms with E-state index in [0.29, 0.717) is 0 Å². The standard InChI is InChI=1S/C16H22O11/c1-7(17)23-6-11-12(24-8(2)18)13(25-9(3)19)14(26-10(4)20)15(27-11)16(21)22-5/h11-15H,6H2,1-5H3/t11-,12-,13-,14-,15-/m1/s1. The lowest BCUT2D eigenvalue weighted by molar-refractivity contribution is -0.253. The van der Waals surface area contributed by atoms with Gasteiger partial charge in [-0.25, -0.2) is 4.79 Å². The van der Waals surface area contributed by atoms with Crippen LogP contribution in [0.5, 0.6) is 0 Å². The fourth-order valence-corrected chi connectivity index (χ4v) is 2.53. The molecule has 0 aromatic carbocycles. The van der Waals surface area contributed by atoms with Gasteiger partial charge in [0, 0.05) is 27.7 Å². The van der Waals surface area contributed by atoms with Crippen LogP contribution in [0.1, 0.15) is 27.7 Å². The average Bonchev–Trinajstić information content (AvgIpc) is 2.54. The molecule has 1 aliphatic rings. The Morgan fingerprint density at radius 2 is 1.22 bits per heavy atom. The van der Waals surface area contributed by atoms with Crippen molar-refractivity contribution in [1.82, 2.24) is 0 Å². The number of rotatable bonds is 6. The molecule has 27 heavy (non-hydrogen) atoms. The first-order chi connectivity index (χ1) is 12.6. The molecule has 1 heterocycles. The first-order valence-corrected chi connectivity index (χ1v) is 7.95. The van der Waals surface area contributed by atoms with Gasteiger partial charge in [-0.05, 0) is 0 Å². The SMILES string of the molecule is COC(=O)[C@@H]1O[C@H](COC(C)=O)[C@@H](OC(C)=O)[C@@H](OC(C)=O)[C@H]1OC(C)=O. The van der Waals surface area contributed by atoms with Crippen molar-refractivity contribution in [2.75, 3.05) is 13.7 Å². The van der Waals surface area contributed by atoms with E-state index in [4.69, 9.17) is 23.7 Å². The van der Waals surface area contributed by atoms with Crippen LogP contribution in [0.25, 0.3) is 0 Å². The van der Waals surface area contributed by atoms with Gasteiger partial charge in [-0.15, -0.1) is 0 Å². The van der Waals surface area contributed by atoms with E-state index in [-0.39, 0.29) is 0 Å². The summed E-state index contributed by atoms with van der Waals surface area (Å²) in [5.74, 6) is -3.92. The zero-order chi connectivity index (χ0) is 20.7. The summed E-state index contributed by atoms with van der Waals surface area (Å²) in [4.78, 5) is 57.8. The molecule has 1 saturated heterocycles. The first-order valence-electron chi connectivity index (χ1n) is 7.95. The Bertz CT molecular complexity index is 599. The molecule has 152 valence electrons. The van der Waals surface area contributed by atoms with Crippen molar-refractivity contribution >= 4 is 29.8 Å². The summed E-state index contributed by atoms with van der Waals surface area (Å²) in [5.41, 5.74) is 0. The topological polar surface area (TPSA) is 141 Å². The maximum Gasteiger partial charge on any atom is 0.339 e. The second kappa shape index (κ2) is 9.86. The lowest BCUT2D eigenvalue weighted by Crippen LogP contribution is -2.64. The molecule has 0 saturated carbocycles. The molecule has 0 spiro atoms. The van der Waals surface area contributed by atoms with Crippen molar-refractivity contribution in [2.45, 2.75) is 58.2 Å². The zero-order valence-corrected chi connectivity index (χ0v) is 15.6. The molecular weight excluding hydrogens is 368 g/mol. The van der Waals surface area contributed by atoms with Gasteiger partial charge in [0.15, 0.2) is 24.4 Å². The molecule has 0 aromatic rings. The third kappa shape index (κ3) is 6.51. The Morgan fingerprint density at radius 1 is 0.741 bits per heavy atom. The van der Waals surface area contributed by atoms with Crippen molar-refractivity contribution in [3.8, 4) is 0 Å². The van der Waals surface area contributed by atoms with Crippen LogP contribution in [0.3, 0.4) is 0 Å². The minimum atomic E-state index is -1.50. The van der Waals surface area contributed by atoms with E-state index >= 15 is 0 Å². The van der Waals surface area contributed by atoms with E-state index in [1.54, 1.807) is 0 Å². The van der Waals surface area contributed by atoms with Gasteiger partial charge in [0.25, 0.3) is 0 Å². The summed E-state index contributed by atoms with van der Waals surface area (Å²) in [5, 5.41) is 0. The van der Waals surface area contributed by atoms with Gasteiger partial charge in [0.2, 0.25) is 0 Å². The highest BCUT2D eigenvalue weighted by molar-refractivity contribution is 5.77. The van der Waals surface area contributed by atoms with Gasteiger partial charge >= 0.3 is 29.8 Å². The quantitative estimate of drug-likeness (QED) is 0.419.